The Morgan fingerprint density at radius 3 is 2.66 bits per heavy atom. The van der Waals surface area contributed by atoms with Crippen LogP contribution in [-0.4, -0.2) is 37.9 Å². The zero-order valence-electron chi connectivity index (χ0n) is 17.5. The van der Waals surface area contributed by atoms with Gasteiger partial charge in [0.1, 0.15) is 0 Å². The van der Waals surface area contributed by atoms with E-state index in [1.807, 2.05) is 12.1 Å². The first-order chi connectivity index (χ1) is 15.3. The second-order valence-corrected chi connectivity index (χ2v) is 9.67. The SMILES string of the molecule is COc1cncc(-c2ccc3c(c2)CC(C(=O)N2CCc4ccc(S(N)(=O)=O)cc42)C3)n1. The van der Waals surface area contributed by atoms with Gasteiger partial charge in [-0.15, -0.1) is 0 Å². The van der Waals surface area contributed by atoms with Gasteiger partial charge in [0.25, 0.3) is 0 Å². The first-order valence-electron chi connectivity index (χ1n) is 10.3. The van der Waals surface area contributed by atoms with Crippen molar-refractivity contribution in [2.75, 3.05) is 18.6 Å². The minimum absolute atomic E-state index is 0.00856. The summed E-state index contributed by atoms with van der Waals surface area (Å²) in [4.78, 5) is 23.7. The first-order valence-corrected chi connectivity index (χ1v) is 11.8. The smallest absolute Gasteiger partial charge is 0.238 e. The number of anilines is 1. The van der Waals surface area contributed by atoms with Crippen molar-refractivity contribution in [3.8, 4) is 17.1 Å². The molecule has 2 N–H and O–H groups in total. The van der Waals surface area contributed by atoms with Crippen LogP contribution in [0.15, 0.2) is 53.7 Å². The average molecular weight is 451 g/mol. The standard InChI is InChI=1S/C23H22N4O4S/c1-31-22-13-25-12-20(26-22)16-3-2-15-8-18(10-17(15)9-16)23(28)27-7-6-14-4-5-19(11-21(14)27)32(24,29)30/h2-5,9,11-13,18H,6-8,10H2,1H3,(H2,24,29,30). The lowest BCUT2D eigenvalue weighted by Gasteiger charge is -2.21. The van der Waals surface area contributed by atoms with E-state index in [-0.39, 0.29) is 16.7 Å². The predicted octanol–water partition coefficient (Wildman–Crippen LogP) is 2.10. The molecule has 2 aliphatic rings. The first kappa shape index (κ1) is 20.6. The molecule has 3 aromatic rings. The van der Waals surface area contributed by atoms with Crippen molar-refractivity contribution in [1.29, 1.82) is 0 Å². The van der Waals surface area contributed by atoms with Gasteiger partial charge in [0.2, 0.25) is 21.8 Å². The molecule has 0 saturated carbocycles. The number of methoxy groups -OCH3 is 1. The number of primary sulfonamides is 1. The van der Waals surface area contributed by atoms with Gasteiger partial charge in [-0.3, -0.25) is 9.78 Å². The van der Waals surface area contributed by atoms with Crippen LogP contribution in [0, 0.1) is 5.92 Å². The van der Waals surface area contributed by atoms with Gasteiger partial charge in [-0.2, -0.15) is 0 Å². The Labute approximate surface area is 186 Å². The van der Waals surface area contributed by atoms with Gasteiger partial charge in [0.15, 0.2) is 0 Å². The molecule has 2 aromatic carbocycles. The van der Waals surface area contributed by atoms with E-state index in [2.05, 4.69) is 16.0 Å². The summed E-state index contributed by atoms with van der Waals surface area (Å²) in [6, 6.07) is 10.8. The molecule has 1 unspecified atom stereocenters. The summed E-state index contributed by atoms with van der Waals surface area (Å²) >= 11 is 0. The normalized spacial score (nSPS) is 17.2. The predicted molar refractivity (Wildman–Crippen MR) is 119 cm³/mol. The fourth-order valence-corrected chi connectivity index (χ4v) is 5.06. The van der Waals surface area contributed by atoms with Crippen molar-refractivity contribution in [1.82, 2.24) is 9.97 Å². The number of aromatic nitrogens is 2. The number of carbonyl (C=O) groups is 1. The molecule has 1 aliphatic heterocycles. The third-order valence-corrected chi connectivity index (χ3v) is 7.06. The molecule has 164 valence electrons. The van der Waals surface area contributed by atoms with Crippen molar-refractivity contribution in [2.24, 2.45) is 11.1 Å². The number of hydrogen-bond donors (Lipinski definition) is 1. The molecule has 1 aliphatic carbocycles. The molecule has 0 radical (unpaired) electrons. The van der Waals surface area contributed by atoms with Gasteiger partial charge in [0.05, 0.1) is 30.1 Å². The summed E-state index contributed by atoms with van der Waals surface area (Å²) in [5, 5.41) is 5.28. The number of benzene rings is 2. The second kappa shape index (κ2) is 7.68. The summed E-state index contributed by atoms with van der Waals surface area (Å²) in [6.07, 6.45) is 5.22. The van der Waals surface area contributed by atoms with Gasteiger partial charge in [0, 0.05) is 23.7 Å². The van der Waals surface area contributed by atoms with E-state index in [1.165, 1.54) is 12.1 Å². The van der Waals surface area contributed by atoms with E-state index in [9.17, 15) is 13.2 Å². The van der Waals surface area contributed by atoms with Gasteiger partial charge in [-0.25, -0.2) is 18.5 Å². The number of sulfonamides is 1. The monoisotopic (exact) mass is 450 g/mol. The van der Waals surface area contributed by atoms with Gasteiger partial charge in [-0.05, 0) is 54.2 Å². The quantitative estimate of drug-likeness (QED) is 0.651. The maximum Gasteiger partial charge on any atom is 0.238 e. The number of ether oxygens (including phenoxy) is 1. The Balaban J connectivity index is 1.39. The molecule has 9 heteroatoms. The Kier molecular flexibility index (Phi) is 4.94. The van der Waals surface area contributed by atoms with Crippen molar-refractivity contribution >= 4 is 21.6 Å². The van der Waals surface area contributed by atoms with Gasteiger partial charge < -0.3 is 9.64 Å². The van der Waals surface area contributed by atoms with Gasteiger partial charge in [-0.1, -0.05) is 18.2 Å². The molecule has 5 rings (SSSR count). The van der Waals surface area contributed by atoms with Crippen LogP contribution in [0.25, 0.3) is 11.3 Å². The Hall–Kier alpha value is -3.30. The number of fused-ring (bicyclic) bond motifs is 2. The highest BCUT2D eigenvalue weighted by atomic mass is 32.2. The van der Waals surface area contributed by atoms with Crippen LogP contribution in [0.2, 0.25) is 0 Å². The molecule has 0 spiro atoms. The van der Waals surface area contributed by atoms with E-state index in [1.54, 1.807) is 30.5 Å². The highest BCUT2D eigenvalue weighted by Gasteiger charge is 2.34. The van der Waals surface area contributed by atoms with Crippen molar-refractivity contribution < 1.29 is 17.9 Å². The van der Waals surface area contributed by atoms with E-state index in [0.29, 0.717) is 43.1 Å². The number of hydrogen-bond acceptors (Lipinski definition) is 6. The van der Waals surface area contributed by atoms with E-state index < -0.39 is 10.0 Å². The summed E-state index contributed by atoms with van der Waals surface area (Å²) in [5.41, 5.74) is 5.49. The lowest BCUT2D eigenvalue weighted by Crippen LogP contribution is -2.35. The topological polar surface area (TPSA) is 115 Å². The van der Waals surface area contributed by atoms with Gasteiger partial charge >= 0.3 is 0 Å². The van der Waals surface area contributed by atoms with Crippen molar-refractivity contribution in [2.45, 2.75) is 24.2 Å². The fraction of sp³-hybridized carbons (Fsp3) is 0.261. The lowest BCUT2D eigenvalue weighted by atomic mass is 10.0. The zero-order valence-corrected chi connectivity index (χ0v) is 18.3. The molecule has 2 heterocycles. The van der Waals surface area contributed by atoms with E-state index in [0.717, 1.165) is 22.3 Å². The molecular formula is C23H22N4O4S. The van der Waals surface area contributed by atoms with Crippen LogP contribution < -0.4 is 14.8 Å². The van der Waals surface area contributed by atoms with Crippen LogP contribution in [0.4, 0.5) is 5.69 Å². The molecule has 1 amide bonds. The number of carbonyl (C=O) groups excluding carboxylic acids is 1. The Morgan fingerprint density at radius 1 is 1.09 bits per heavy atom. The maximum absolute atomic E-state index is 13.4. The molecule has 1 atom stereocenters. The second-order valence-electron chi connectivity index (χ2n) is 8.11. The third kappa shape index (κ3) is 3.63. The molecule has 0 bridgehead atoms. The van der Waals surface area contributed by atoms with Crippen LogP contribution in [0.5, 0.6) is 5.88 Å². The largest absolute Gasteiger partial charge is 0.480 e. The minimum atomic E-state index is -3.83. The van der Waals surface area contributed by atoms with Crippen molar-refractivity contribution in [3.05, 3.63) is 65.5 Å². The average Bonchev–Trinajstić information content (AvgIpc) is 3.41. The van der Waals surface area contributed by atoms with E-state index in [4.69, 9.17) is 9.88 Å². The van der Waals surface area contributed by atoms with Crippen LogP contribution >= 0.6 is 0 Å². The number of rotatable bonds is 4. The molecular weight excluding hydrogens is 428 g/mol. The summed E-state index contributed by atoms with van der Waals surface area (Å²) in [7, 11) is -2.28. The number of nitrogens with two attached hydrogens (primary N) is 1. The number of amides is 1. The lowest BCUT2D eigenvalue weighted by molar-refractivity contribution is -0.122. The Morgan fingerprint density at radius 2 is 1.88 bits per heavy atom. The highest BCUT2D eigenvalue weighted by molar-refractivity contribution is 7.89. The molecule has 0 saturated heterocycles. The zero-order chi connectivity index (χ0) is 22.5. The molecule has 8 nitrogen and oxygen atoms in total. The molecule has 1 aromatic heterocycles. The van der Waals surface area contributed by atoms with Crippen LogP contribution in [0.1, 0.15) is 16.7 Å². The third-order valence-electron chi connectivity index (χ3n) is 6.15. The Bertz CT molecular complexity index is 1340. The van der Waals surface area contributed by atoms with Crippen LogP contribution in [-0.2, 0) is 34.1 Å². The molecule has 32 heavy (non-hydrogen) atoms. The van der Waals surface area contributed by atoms with Crippen LogP contribution in [0.3, 0.4) is 0 Å². The summed E-state index contributed by atoms with van der Waals surface area (Å²) in [6.45, 7) is 0.541. The maximum atomic E-state index is 13.4. The fourth-order valence-electron chi connectivity index (χ4n) is 4.52. The summed E-state index contributed by atoms with van der Waals surface area (Å²) in [5.74, 6) is 0.262. The summed E-state index contributed by atoms with van der Waals surface area (Å²) < 4.78 is 28.7. The minimum Gasteiger partial charge on any atom is -0.480 e. The number of nitrogens with zero attached hydrogens (tertiary/aromatic N) is 3. The molecule has 0 fully saturated rings. The van der Waals surface area contributed by atoms with Crippen molar-refractivity contribution in [3.63, 3.8) is 0 Å². The van der Waals surface area contributed by atoms with E-state index >= 15 is 0 Å². The highest BCUT2D eigenvalue weighted by Crippen LogP contribution is 2.36.